The van der Waals surface area contributed by atoms with Gasteiger partial charge in [-0.15, -0.1) is 0 Å². The van der Waals surface area contributed by atoms with Gasteiger partial charge in [0.15, 0.2) is 0 Å². The molecule has 5 nitrogen and oxygen atoms in total. The zero-order valence-corrected chi connectivity index (χ0v) is 17.8. The molecule has 152 valence electrons. The van der Waals surface area contributed by atoms with Crippen molar-refractivity contribution >= 4 is 46.0 Å². The van der Waals surface area contributed by atoms with Crippen molar-refractivity contribution in [1.29, 1.82) is 0 Å². The molecular formula is C22H21Cl2NO4. The molecule has 1 heterocycles. The van der Waals surface area contributed by atoms with E-state index in [-0.39, 0.29) is 22.6 Å². The van der Waals surface area contributed by atoms with Crippen molar-refractivity contribution in [3.63, 3.8) is 0 Å². The largest absolute Gasteiger partial charge is 0.508 e. The summed E-state index contributed by atoms with van der Waals surface area (Å²) < 4.78 is 1.47. The molecule has 0 aliphatic heterocycles. The first-order chi connectivity index (χ1) is 13.7. The Morgan fingerprint density at radius 3 is 2.38 bits per heavy atom. The lowest BCUT2D eigenvalue weighted by Crippen LogP contribution is -2.21. The highest BCUT2D eigenvalue weighted by atomic mass is 35.5. The second-order valence-corrected chi connectivity index (χ2v) is 7.99. The smallest absolute Gasteiger partial charge is 0.311 e. The number of carbonyl (C=O) groups is 2. The van der Waals surface area contributed by atoms with Crippen molar-refractivity contribution in [3.8, 4) is 5.75 Å². The molecule has 0 amide bonds. The van der Waals surface area contributed by atoms with Gasteiger partial charge in [0.25, 0.3) is 5.91 Å². The molecule has 0 saturated carbocycles. The molecule has 0 radical (unpaired) electrons. The van der Waals surface area contributed by atoms with Crippen molar-refractivity contribution in [1.82, 2.24) is 4.57 Å². The number of fused-ring (bicyclic) bond motifs is 1. The van der Waals surface area contributed by atoms with Crippen molar-refractivity contribution in [3.05, 3.63) is 63.3 Å². The minimum Gasteiger partial charge on any atom is -0.508 e. The third kappa shape index (κ3) is 3.72. The summed E-state index contributed by atoms with van der Waals surface area (Å²) in [6.07, 6.45) is 0.655. The number of aromatic hydroxyl groups is 1. The first kappa shape index (κ1) is 21.2. The Hall–Kier alpha value is -2.50. The fourth-order valence-corrected chi connectivity index (χ4v) is 4.03. The first-order valence-corrected chi connectivity index (χ1v) is 9.99. The quantitative estimate of drug-likeness (QED) is 0.527. The van der Waals surface area contributed by atoms with Gasteiger partial charge in [-0.2, -0.15) is 0 Å². The molecule has 0 saturated heterocycles. The average Bonchev–Trinajstić information content (AvgIpc) is 2.94. The van der Waals surface area contributed by atoms with Crippen LogP contribution in [0.2, 0.25) is 10.0 Å². The number of hydrogen-bond acceptors (Lipinski definition) is 3. The number of nitrogens with zero attached hydrogens (tertiary/aromatic N) is 1. The Labute approximate surface area is 178 Å². The normalized spacial score (nSPS) is 13.4. The van der Waals surface area contributed by atoms with Crippen LogP contribution in [0.15, 0.2) is 36.4 Å². The van der Waals surface area contributed by atoms with Crippen LogP contribution in [0.4, 0.5) is 0 Å². The molecule has 1 unspecified atom stereocenters. The number of aliphatic carboxylic acids is 1. The van der Waals surface area contributed by atoms with E-state index in [2.05, 4.69) is 0 Å². The highest BCUT2D eigenvalue weighted by Crippen LogP contribution is 2.39. The Bertz CT molecular complexity index is 1120. The molecule has 2 aromatic carbocycles. The number of carboxylic acid groups (broad SMARTS) is 1. The van der Waals surface area contributed by atoms with E-state index in [4.69, 9.17) is 23.2 Å². The maximum Gasteiger partial charge on any atom is 0.311 e. The Morgan fingerprint density at radius 2 is 1.79 bits per heavy atom. The Morgan fingerprint density at radius 1 is 1.10 bits per heavy atom. The van der Waals surface area contributed by atoms with E-state index >= 15 is 0 Å². The molecule has 0 aliphatic carbocycles. The zero-order valence-electron chi connectivity index (χ0n) is 16.2. The summed E-state index contributed by atoms with van der Waals surface area (Å²) >= 11 is 12.0. The number of hydrogen-bond donors (Lipinski definition) is 2. The van der Waals surface area contributed by atoms with E-state index in [1.54, 1.807) is 25.1 Å². The van der Waals surface area contributed by atoms with Crippen molar-refractivity contribution in [2.45, 2.75) is 33.1 Å². The monoisotopic (exact) mass is 433 g/mol. The lowest BCUT2D eigenvalue weighted by atomic mass is 9.84. The van der Waals surface area contributed by atoms with Crippen molar-refractivity contribution < 1.29 is 19.8 Å². The number of phenols is 1. The van der Waals surface area contributed by atoms with Gasteiger partial charge in [0, 0.05) is 16.6 Å². The molecule has 3 rings (SSSR count). The fraction of sp³-hybridized carbons (Fsp3) is 0.273. The van der Waals surface area contributed by atoms with Gasteiger partial charge < -0.3 is 10.2 Å². The molecule has 3 aromatic rings. The molecule has 2 N–H and O–H groups in total. The van der Waals surface area contributed by atoms with Crippen LogP contribution in [-0.4, -0.2) is 26.7 Å². The summed E-state index contributed by atoms with van der Waals surface area (Å²) in [7, 11) is 0. The van der Waals surface area contributed by atoms with Crippen LogP contribution in [0.3, 0.4) is 0 Å². The van der Waals surface area contributed by atoms with E-state index < -0.39 is 11.9 Å². The molecule has 0 bridgehead atoms. The van der Waals surface area contributed by atoms with Crippen LogP contribution in [0.25, 0.3) is 10.9 Å². The summed E-state index contributed by atoms with van der Waals surface area (Å²) in [6.45, 7) is 5.51. The summed E-state index contributed by atoms with van der Waals surface area (Å²) in [6, 6.07) is 9.21. The van der Waals surface area contributed by atoms with Gasteiger partial charge in [0.2, 0.25) is 0 Å². The number of benzene rings is 2. The number of halogens is 2. The highest BCUT2D eigenvalue weighted by molar-refractivity contribution is 6.42. The standard InChI is InChI=1S/C22H21Cl2NO4/c1-4-11(2)19(22(28)29)20-12(3)25(18-8-6-14(26)10-15(18)20)21(27)13-5-7-16(23)17(24)9-13/h5-11,19,26H,4H2,1-3H3,(H,28,29)/t11?,19-/m0/s1. The second kappa shape index (κ2) is 8.09. The van der Waals surface area contributed by atoms with Crippen LogP contribution in [0, 0.1) is 12.8 Å². The summed E-state index contributed by atoms with van der Waals surface area (Å²) in [4.78, 5) is 25.4. The van der Waals surface area contributed by atoms with Gasteiger partial charge in [0.1, 0.15) is 5.75 Å². The van der Waals surface area contributed by atoms with Gasteiger partial charge in [0.05, 0.1) is 21.5 Å². The lowest BCUT2D eigenvalue weighted by Gasteiger charge is -2.20. The molecular weight excluding hydrogens is 413 g/mol. The van der Waals surface area contributed by atoms with E-state index in [0.717, 1.165) is 0 Å². The topological polar surface area (TPSA) is 79.5 Å². The Kier molecular flexibility index (Phi) is 5.92. The van der Waals surface area contributed by atoms with E-state index in [1.165, 1.54) is 22.8 Å². The highest BCUT2D eigenvalue weighted by Gasteiger charge is 2.32. The van der Waals surface area contributed by atoms with Crippen LogP contribution in [0.5, 0.6) is 5.75 Å². The van der Waals surface area contributed by atoms with Gasteiger partial charge in [-0.05, 0) is 54.8 Å². The molecule has 29 heavy (non-hydrogen) atoms. The number of carboxylic acids is 1. The SMILES string of the molecule is CCC(C)[C@H](C(=O)O)c1c(C)n(C(=O)c2ccc(Cl)c(Cl)c2)c2ccc(O)cc12. The predicted octanol–water partition coefficient (Wildman–Crippen LogP) is 5.86. The first-order valence-electron chi connectivity index (χ1n) is 9.23. The van der Waals surface area contributed by atoms with E-state index in [9.17, 15) is 19.8 Å². The number of aromatic nitrogens is 1. The summed E-state index contributed by atoms with van der Waals surface area (Å²) in [5.74, 6) is -2.28. The molecule has 0 aliphatic rings. The van der Waals surface area contributed by atoms with Gasteiger partial charge >= 0.3 is 5.97 Å². The zero-order chi connectivity index (χ0) is 21.5. The van der Waals surface area contributed by atoms with Crippen LogP contribution < -0.4 is 0 Å². The van der Waals surface area contributed by atoms with E-state index in [1.807, 2.05) is 13.8 Å². The molecule has 0 fully saturated rings. The minimum absolute atomic E-state index is 0.00572. The third-order valence-electron chi connectivity index (χ3n) is 5.40. The van der Waals surface area contributed by atoms with Crippen LogP contribution in [0.1, 0.15) is 47.8 Å². The van der Waals surface area contributed by atoms with Crippen LogP contribution >= 0.6 is 23.2 Å². The van der Waals surface area contributed by atoms with E-state index in [0.29, 0.717) is 39.2 Å². The second-order valence-electron chi connectivity index (χ2n) is 7.17. The van der Waals surface area contributed by atoms with Gasteiger partial charge in [-0.1, -0.05) is 43.5 Å². The van der Waals surface area contributed by atoms with Crippen molar-refractivity contribution in [2.75, 3.05) is 0 Å². The molecule has 2 atom stereocenters. The third-order valence-corrected chi connectivity index (χ3v) is 6.14. The number of rotatable bonds is 5. The minimum atomic E-state index is -0.966. The maximum atomic E-state index is 13.3. The van der Waals surface area contributed by atoms with Gasteiger partial charge in [-0.3, -0.25) is 14.2 Å². The Balaban J connectivity index is 2.31. The summed E-state index contributed by atoms with van der Waals surface area (Å²) in [5, 5.41) is 21.1. The number of phenolic OH excluding ortho intramolecular Hbond substituents is 1. The van der Waals surface area contributed by atoms with Crippen LogP contribution in [-0.2, 0) is 4.79 Å². The lowest BCUT2D eigenvalue weighted by molar-refractivity contribution is -0.140. The molecule has 7 heteroatoms. The predicted molar refractivity (Wildman–Crippen MR) is 114 cm³/mol. The average molecular weight is 434 g/mol. The van der Waals surface area contributed by atoms with Gasteiger partial charge in [-0.25, -0.2) is 0 Å². The maximum absolute atomic E-state index is 13.3. The molecule has 0 spiro atoms. The van der Waals surface area contributed by atoms with Crippen molar-refractivity contribution in [2.24, 2.45) is 5.92 Å². The fourth-order valence-electron chi connectivity index (χ4n) is 3.73. The molecule has 1 aromatic heterocycles. The summed E-state index contributed by atoms with van der Waals surface area (Å²) in [5.41, 5.74) is 1.91. The number of carbonyl (C=O) groups excluding carboxylic acids is 1.